The maximum atomic E-state index is 13.5. The molecule has 0 bridgehead atoms. The van der Waals surface area contributed by atoms with Crippen molar-refractivity contribution in [3.05, 3.63) is 65.7 Å². The third-order valence-electron chi connectivity index (χ3n) is 6.03. The van der Waals surface area contributed by atoms with E-state index in [0.717, 1.165) is 52.4 Å². The molecule has 33 heavy (non-hydrogen) atoms. The van der Waals surface area contributed by atoms with Crippen LogP contribution < -0.4 is 9.47 Å². The van der Waals surface area contributed by atoms with E-state index in [1.54, 1.807) is 32.2 Å². The lowest BCUT2D eigenvalue weighted by Gasteiger charge is -2.21. The van der Waals surface area contributed by atoms with E-state index in [1.165, 1.54) is 0 Å². The molecule has 0 aliphatic rings. The number of carbonyl (C=O) groups excluding carboxylic acids is 2. The number of nitrogens with zero attached hydrogens (tertiary/aromatic N) is 2. The predicted molar refractivity (Wildman–Crippen MR) is 131 cm³/mol. The molecule has 0 fully saturated rings. The fraction of sp³-hybridized carbons (Fsp3) is 0.259. The topological polar surface area (TPSA) is 60.8 Å². The second-order valence-corrected chi connectivity index (χ2v) is 8.04. The van der Waals surface area contributed by atoms with E-state index >= 15 is 0 Å². The van der Waals surface area contributed by atoms with Crippen molar-refractivity contribution >= 4 is 34.0 Å². The van der Waals surface area contributed by atoms with Gasteiger partial charge < -0.3 is 18.9 Å². The molecule has 1 heterocycles. The molecule has 0 saturated carbocycles. The Labute approximate surface area is 193 Å². The third-order valence-corrected chi connectivity index (χ3v) is 6.03. The number of aldehydes is 1. The first-order chi connectivity index (χ1) is 16.0. The number of hydrogen-bond acceptors (Lipinski definition) is 4. The Morgan fingerprint density at radius 3 is 2.09 bits per heavy atom. The first-order valence-corrected chi connectivity index (χ1v) is 11.0. The molecule has 0 spiro atoms. The normalized spacial score (nSPS) is 11.0. The number of benzene rings is 3. The van der Waals surface area contributed by atoms with E-state index < -0.39 is 0 Å². The van der Waals surface area contributed by atoms with E-state index in [0.29, 0.717) is 23.4 Å². The summed E-state index contributed by atoms with van der Waals surface area (Å²) in [6.45, 7) is 2.72. The number of hydrogen-bond donors (Lipinski definition) is 0. The molecule has 0 aliphatic carbocycles. The summed E-state index contributed by atoms with van der Waals surface area (Å²) in [5.41, 5.74) is 3.26. The van der Waals surface area contributed by atoms with E-state index in [4.69, 9.17) is 9.47 Å². The van der Waals surface area contributed by atoms with Gasteiger partial charge in [-0.05, 0) is 48.9 Å². The van der Waals surface area contributed by atoms with Gasteiger partial charge in [-0.3, -0.25) is 9.59 Å². The van der Waals surface area contributed by atoms with Crippen LogP contribution in [0.2, 0.25) is 0 Å². The summed E-state index contributed by atoms with van der Waals surface area (Å²) >= 11 is 0. The molecule has 0 atom stereocenters. The van der Waals surface area contributed by atoms with Gasteiger partial charge in [-0.2, -0.15) is 0 Å². The standard InChI is InChI=1S/C27H28N2O4/c1-5-6-14-28(2)27(31)26-18(17-30)8-7-9-25(26)29-23-12-10-19(32-3)15-21(23)22-16-20(33-4)11-13-24(22)29/h7-13,15-17H,5-6,14H2,1-4H3. The second-order valence-electron chi connectivity index (χ2n) is 8.04. The van der Waals surface area contributed by atoms with Gasteiger partial charge in [0.25, 0.3) is 5.91 Å². The Bertz CT molecular complexity index is 1280. The van der Waals surface area contributed by atoms with Crippen LogP contribution in [0, 0.1) is 0 Å². The highest BCUT2D eigenvalue weighted by Gasteiger charge is 2.23. The number of fused-ring (bicyclic) bond motifs is 3. The maximum absolute atomic E-state index is 13.5. The minimum atomic E-state index is -0.168. The fourth-order valence-corrected chi connectivity index (χ4v) is 4.26. The van der Waals surface area contributed by atoms with E-state index in [2.05, 4.69) is 6.92 Å². The number of amides is 1. The lowest BCUT2D eigenvalue weighted by atomic mass is 10.0. The lowest BCUT2D eigenvalue weighted by molar-refractivity contribution is 0.0790. The van der Waals surface area contributed by atoms with Crippen LogP contribution in [0.4, 0.5) is 0 Å². The van der Waals surface area contributed by atoms with Crippen LogP contribution in [-0.4, -0.2) is 49.5 Å². The fourth-order valence-electron chi connectivity index (χ4n) is 4.26. The molecule has 0 unspecified atom stereocenters. The van der Waals surface area contributed by atoms with Gasteiger partial charge in [0, 0.05) is 29.9 Å². The van der Waals surface area contributed by atoms with Gasteiger partial charge in [-0.25, -0.2) is 0 Å². The van der Waals surface area contributed by atoms with Gasteiger partial charge in [0.1, 0.15) is 11.5 Å². The minimum Gasteiger partial charge on any atom is -0.497 e. The molecular weight excluding hydrogens is 416 g/mol. The smallest absolute Gasteiger partial charge is 0.256 e. The highest BCUT2D eigenvalue weighted by molar-refractivity contribution is 6.12. The van der Waals surface area contributed by atoms with Gasteiger partial charge in [0.15, 0.2) is 6.29 Å². The molecule has 4 rings (SSSR count). The molecule has 3 aromatic carbocycles. The largest absolute Gasteiger partial charge is 0.497 e. The zero-order chi connectivity index (χ0) is 23.5. The zero-order valence-corrected chi connectivity index (χ0v) is 19.4. The average Bonchev–Trinajstić information content (AvgIpc) is 3.18. The van der Waals surface area contributed by atoms with Crippen molar-refractivity contribution < 1.29 is 19.1 Å². The van der Waals surface area contributed by atoms with Crippen molar-refractivity contribution in [2.24, 2.45) is 0 Å². The molecule has 0 saturated heterocycles. The molecule has 0 aliphatic heterocycles. The first-order valence-electron chi connectivity index (χ1n) is 11.0. The highest BCUT2D eigenvalue weighted by Crippen LogP contribution is 2.37. The summed E-state index contributed by atoms with van der Waals surface area (Å²) in [5, 5.41) is 1.94. The summed E-state index contributed by atoms with van der Waals surface area (Å²) in [6, 6.07) is 17.1. The molecule has 0 radical (unpaired) electrons. The van der Waals surface area contributed by atoms with Crippen LogP contribution in [0.15, 0.2) is 54.6 Å². The van der Waals surface area contributed by atoms with Crippen molar-refractivity contribution in [1.29, 1.82) is 0 Å². The van der Waals surface area contributed by atoms with Crippen LogP contribution in [0.1, 0.15) is 40.5 Å². The lowest BCUT2D eigenvalue weighted by Crippen LogP contribution is -2.29. The Hall–Kier alpha value is -3.80. The van der Waals surface area contributed by atoms with Gasteiger partial charge in [0.2, 0.25) is 0 Å². The monoisotopic (exact) mass is 444 g/mol. The predicted octanol–water partition coefficient (Wildman–Crippen LogP) is 5.49. The number of carbonyl (C=O) groups is 2. The van der Waals surface area contributed by atoms with Gasteiger partial charge in [0.05, 0.1) is 36.5 Å². The summed E-state index contributed by atoms with van der Waals surface area (Å²) in [6.07, 6.45) is 2.64. The summed E-state index contributed by atoms with van der Waals surface area (Å²) in [4.78, 5) is 27.2. The number of methoxy groups -OCH3 is 2. The average molecular weight is 445 g/mol. The van der Waals surface area contributed by atoms with E-state index in [-0.39, 0.29) is 5.91 Å². The van der Waals surface area contributed by atoms with Gasteiger partial charge >= 0.3 is 0 Å². The molecule has 0 N–H and O–H groups in total. The Kier molecular flexibility index (Phi) is 6.36. The Morgan fingerprint density at radius 2 is 1.58 bits per heavy atom. The quantitative estimate of drug-likeness (QED) is 0.337. The summed E-state index contributed by atoms with van der Waals surface area (Å²) in [7, 11) is 5.06. The number of unbranched alkanes of at least 4 members (excludes halogenated alkanes) is 1. The minimum absolute atomic E-state index is 0.168. The molecular formula is C27H28N2O4. The SMILES string of the molecule is CCCCN(C)C(=O)c1c(C=O)cccc1-n1c2ccc(OC)cc2c2cc(OC)ccc21. The summed E-state index contributed by atoms with van der Waals surface area (Å²) < 4.78 is 13.0. The van der Waals surface area contributed by atoms with Crippen molar-refractivity contribution in [3.8, 4) is 17.2 Å². The molecule has 6 nitrogen and oxygen atoms in total. The zero-order valence-electron chi connectivity index (χ0n) is 19.4. The molecule has 170 valence electrons. The van der Waals surface area contributed by atoms with Crippen LogP contribution in [0.5, 0.6) is 11.5 Å². The van der Waals surface area contributed by atoms with Gasteiger partial charge in [-0.1, -0.05) is 25.5 Å². The molecule has 1 amide bonds. The van der Waals surface area contributed by atoms with E-state index in [1.807, 2.05) is 53.1 Å². The summed E-state index contributed by atoms with van der Waals surface area (Å²) in [5.74, 6) is 1.31. The van der Waals surface area contributed by atoms with Crippen LogP contribution >= 0.6 is 0 Å². The number of rotatable bonds is 8. The van der Waals surface area contributed by atoms with Gasteiger partial charge in [-0.15, -0.1) is 0 Å². The molecule has 1 aromatic heterocycles. The molecule has 4 aromatic rings. The Morgan fingerprint density at radius 1 is 0.970 bits per heavy atom. The first kappa shape index (κ1) is 22.4. The van der Waals surface area contributed by atoms with E-state index in [9.17, 15) is 9.59 Å². The van der Waals surface area contributed by atoms with Crippen LogP contribution in [0.25, 0.3) is 27.5 Å². The van der Waals surface area contributed by atoms with Crippen molar-refractivity contribution in [1.82, 2.24) is 9.47 Å². The van der Waals surface area contributed by atoms with Crippen molar-refractivity contribution in [2.75, 3.05) is 27.8 Å². The Balaban J connectivity index is 2.05. The van der Waals surface area contributed by atoms with Crippen molar-refractivity contribution in [2.45, 2.75) is 19.8 Å². The third kappa shape index (κ3) is 3.93. The van der Waals surface area contributed by atoms with Crippen molar-refractivity contribution in [3.63, 3.8) is 0 Å². The molecule has 6 heteroatoms. The maximum Gasteiger partial charge on any atom is 0.256 e. The number of ether oxygens (including phenoxy) is 2. The second kappa shape index (κ2) is 9.36. The number of aromatic nitrogens is 1. The van der Waals surface area contributed by atoms with Crippen LogP contribution in [-0.2, 0) is 0 Å². The highest BCUT2D eigenvalue weighted by atomic mass is 16.5. The van der Waals surface area contributed by atoms with Crippen LogP contribution in [0.3, 0.4) is 0 Å².